The van der Waals surface area contributed by atoms with Crippen LogP contribution in [0.4, 0.5) is 0 Å². The molecule has 1 heterocycles. The first-order valence-corrected chi connectivity index (χ1v) is 17.1. The summed E-state index contributed by atoms with van der Waals surface area (Å²) in [5, 5.41) is 56.6. The van der Waals surface area contributed by atoms with Crippen molar-refractivity contribution < 1.29 is 39.9 Å². The van der Waals surface area contributed by atoms with Gasteiger partial charge in [0.1, 0.15) is 6.10 Å². The van der Waals surface area contributed by atoms with E-state index in [0.717, 1.165) is 44.9 Å². The molecule has 4 fully saturated rings. The number of rotatable bonds is 4. The van der Waals surface area contributed by atoms with Gasteiger partial charge in [-0.2, -0.15) is 0 Å². The SMILES string of the molecule is CC1(C)CC[C@]2(C(=O)NC[C@H](O)[C@H]3OC(=O)C(O)=C3O)[C@H](O)C[C@]3(C)C(=CC[C@@H]4[C@@]5(C)CC[C@H](O)C(C)(C)[C@@H]5CC[C@]43C)[C@@H]2C1. The number of allylic oxidation sites excluding steroid dienone is 2. The van der Waals surface area contributed by atoms with E-state index >= 15 is 0 Å². The van der Waals surface area contributed by atoms with Crippen molar-refractivity contribution in [1.29, 1.82) is 0 Å². The number of esters is 1. The van der Waals surface area contributed by atoms with Crippen molar-refractivity contribution >= 4 is 11.9 Å². The van der Waals surface area contributed by atoms with Crippen molar-refractivity contribution in [3.8, 4) is 0 Å². The van der Waals surface area contributed by atoms with Crippen molar-refractivity contribution in [1.82, 2.24) is 5.32 Å². The first-order valence-electron chi connectivity index (χ1n) is 17.1. The summed E-state index contributed by atoms with van der Waals surface area (Å²) in [5.74, 6) is -2.50. The number of ether oxygens (including phenoxy) is 1. The van der Waals surface area contributed by atoms with Crippen LogP contribution in [0.15, 0.2) is 23.2 Å². The summed E-state index contributed by atoms with van der Waals surface area (Å²) in [6.45, 7) is 15.9. The van der Waals surface area contributed by atoms with E-state index in [1.165, 1.54) is 5.57 Å². The maximum Gasteiger partial charge on any atom is 0.377 e. The summed E-state index contributed by atoms with van der Waals surface area (Å²) in [6.07, 6.45) is 5.60. The van der Waals surface area contributed by atoms with Gasteiger partial charge in [-0.1, -0.05) is 60.1 Å². The minimum Gasteiger partial charge on any atom is -0.505 e. The molecule has 0 aromatic carbocycles. The van der Waals surface area contributed by atoms with Crippen LogP contribution in [0, 0.1) is 50.2 Å². The fourth-order valence-corrected chi connectivity index (χ4v) is 11.9. The molecule has 5 aliphatic carbocycles. The third-order valence-electron chi connectivity index (χ3n) is 14.8. The molecule has 45 heavy (non-hydrogen) atoms. The van der Waals surface area contributed by atoms with Crippen LogP contribution >= 0.6 is 0 Å². The van der Waals surface area contributed by atoms with E-state index in [0.29, 0.717) is 24.7 Å². The Morgan fingerprint density at radius 3 is 2.29 bits per heavy atom. The van der Waals surface area contributed by atoms with Gasteiger partial charge in [0, 0.05) is 6.54 Å². The fraction of sp³-hybridized carbons (Fsp3) is 0.833. The number of aliphatic hydroxyl groups is 5. The lowest BCUT2D eigenvalue weighted by molar-refractivity contribution is -0.215. The van der Waals surface area contributed by atoms with Crippen LogP contribution in [0.5, 0.6) is 0 Å². The Hall–Kier alpha value is -2.10. The molecule has 9 nitrogen and oxygen atoms in total. The summed E-state index contributed by atoms with van der Waals surface area (Å²) in [5.41, 5.74) is -0.284. The van der Waals surface area contributed by atoms with Gasteiger partial charge in [0.15, 0.2) is 11.9 Å². The summed E-state index contributed by atoms with van der Waals surface area (Å²) >= 11 is 0. The maximum atomic E-state index is 14.3. The number of fused-ring (bicyclic) bond motifs is 7. The lowest BCUT2D eigenvalue weighted by Gasteiger charge is -2.71. The van der Waals surface area contributed by atoms with Gasteiger partial charge in [-0.3, -0.25) is 4.79 Å². The number of hydrogen-bond donors (Lipinski definition) is 6. The third kappa shape index (κ3) is 4.35. The first kappa shape index (κ1) is 32.8. The van der Waals surface area contributed by atoms with Crippen molar-refractivity contribution in [2.24, 2.45) is 50.2 Å². The second-order valence-corrected chi connectivity index (χ2v) is 17.7. The fourth-order valence-electron chi connectivity index (χ4n) is 11.9. The molecule has 6 N–H and O–H groups in total. The normalized spacial score (nSPS) is 47.3. The molecular formula is C36H55NO8. The van der Waals surface area contributed by atoms with E-state index in [-0.39, 0.29) is 51.5 Å². The Bertz CT molecular complexity index is 1340. The second-order valence-electron chi connectivity index (χ2n) is 17.7. The van der Waals surface area contributed by atoms with Gasteiger partial charge in [0.25, 0.3) is 0 Å². The first-order chi connectivity index (χ1) is 20.8. The zero-order valence-corrected chi connectivity index (χ0v) is 28.2. The van der Waals surface area contributed by atoms with Gasteiger partial charge >= 0.3 is 5.97 Å². The van der Waals surface area contributed by atoms with Gasteiger partial charge < -0.3 is 35.6 Å². The average molecular weight is 630 g/mol. The second kappa shape index (κ2) is 10.2. The number of carbonyl (C=O) groups excluding carboxylic acids is 2. The lowest BCUT2D eigenvalue weighted by atomic mass is 9.33. The molecule has 0 aromatic rings. The third-order valence-corrected chi connectivity index (χ3v) is 14.8. The van der Waals surface area contributed by atoms with Crippen LogP contribution in [-0.2, 0) is 14.3 Å². The Morgan fingerprint density at radius 2 is 1.64 bits per heavy atom. The molecular weight excluding hydrogens is 574 g/mol. The van der Waals surface area contributed by atoms with E-state index in [4.69, 9.17) is 4.74 Å². The quantitative estimate of drug-likeness (QED) is 0.190. The summed E-state index contributed by atoms with van der Waals surface area (Å²) in [6, 6.07) is 0. The van der Waals surface area contributed by atoms with E-state index in [1.807, 2.05) is 0 Å². The van der Waals surface area contributed by atoms with E-state index in [9.17, 15) is 35.1 Å². The van der Waals surface area contributed by atoms with E-state index < -0.39 is 41.2 Å². The van der Waals surface area contributed by atoms with Gasteiger partial charge in [0.05, 0.1) is 17.6 Å². The molecule has 6 rings (SSSR count). The minimum atomic E-state index is -1.47. The van der Waals surface area contributed by atoms with E-state index in [1.54, 1.807) is 0 Å². The van der Waals surface area contributed by atoms with Gasteiger partial charge in [0.2, 0.25) is 11.7 Å². The zero-order valence-electron chi connectivity index (χ0n) is 28.2. The highest BCUT2D eigenvalue weighted by atomic mass is 16.6. The van der Waals surface area contributed by atoms with Crippen LogP contribution in [0.3, 0.4) is 0 Å². The molecule has 6 aliphatic rings. The molecule has 11 atom stereocenters. The van der Waals surface area contributed by atoms with Gasteiger partial charge in [-0.25, -0.2) is 4.79 Å². The average Bonchev–Trinajstić information content (AvgIpc) is 3.21. The van der Waals surface area contributed by atoms with Crippen molar-refractivity contribution in [3.05, 3.63) is 23.2 Å². The zero-order chi connectivity index (χ0) is 33.1. The summed E-state index contributed by atoms with van der Waals surface area (Å²) in [4.78, 5) is 26.0. The van der Waals surface area contributed by atoms with Crippen LogP contribution in [0.2, 0.25) is 0 Å². The van der Waals surface area contributed by atoms with Crippen LogP contribution in [0.25, 0.3) is 0 Å². The van der Waals surface area contributed by atoms with Crippen molar-refractivity contribution in [3.63, 3.8) is 0 Å². The standard InChI is InChI=1S/C36H55NO8/c1-31(2)14-15-36(30(44)37-18-21(38)28-26(41)27(42)29(43)45-28)20(16-31)19-8-9-23-33(5)12-11-24(39)32(3,4)22(33)10-13-34(23,6)35(19,7)17-25(36)40/h8,20-25,28,38-42H,9-18H2,1-7H3,(H,37,44)/t20-,21-,22-,23+,24-,25+,28+,33-,34+,35+,36+/m0/s1. The van der Waals surface area contributed by atoms with Crippen molar-refractivity contribution in [2.75, 3.05) is 6.54 Å². The highest BCUT2D eigenvalue weighted by Gasteiger charge is 2.71. The molecule has 4 saturated carbocycles. The molecule has 0 unspecified atom stereocenters. The Labute approximate surface area is 267 Å². The van der Waals surface area contributed by atoms with Gasteiger partial charge in [-0.15, -0.1) is 0 Å². The summed E-state index contributed by atoms with van der Waals surface area (Å²) in [7, 11) is 0. The predicted molar refractivity (Wildman–Crippen MR) is 168 cm³/mol. The Kier molecular flexibility index (Phi) is 7.44. The maximum absolute atomic E-state index is 14.3. The number of nitrogens with one attached hydrogen (secondary N) is 1. The van der Waals surface area contributed by atoms with Crippen LogP contribution in [-0.4, -0.2) is 68.4 Å². The molecule has 0 bridgehead atoms. The predicted octanol–water partition coefficient (Wildman–Crippen LogP) is 4.85. The van der Waals surface area contributed by atoms with E-state index in [2.05, 4.69) is 59.9 Å². The summed E-state index contributed by atoms with van der Waals surface area (Å²) < 4.78 is 4.90. The molecule has 9 heteroatoms. The Balaban J connectivity index is 1.34. The monoisotopic (exact) mass is 629 g/mol. The molecule has 0 saturated heterocycles. The molecule has 0 aromatic heterocycles. The molecule has 0 spiro atoms. The highest BCUT2D eigenvalue weighted by molar-refractivity contribution is 5.89. The van der Waals surface area contributed by atoms with Crippen molar-refractivity contribution in [2.45, 2.75) is 131 Å². The smallest absolute Gasteiger partial charge is 0.377 e. The highest BCUT2D eigenvalue weighted by Crippen LogP contribution is 2.75. The molecule has 0 radical (unpaired) electrons. The van der Waals surface area contributed by atoms with Crippen LogP contribution < -0.4 is 5.32 Å². The molecule has 1 amide bonds. The number of cyclic esters (lactones) is 1. The Morgan fingerprint density at radius 1 is 0.956 bits per heavy atom. The minimum absolute atomic E-state index is 0.0240. The largest absolute Gasteiger partial charge is 0.505 e. The molecule has 252 valence electrons. The molecule has 1 aliphatic heterocycles. The topological polar surface area (TPSA) is 157 Å². The number of carbonyl (C=O) groups is 2. The number of aliphatic hydroxyl groups excluding tert-OH is 5. The number of hydrogen-bond acceptors (Lipinski definition) is 8. The lowest BCUT2D eigenvalue weighted by Crippen LogP contribution is -2.68. The van der Waals surface area contributed by atoms with Gasteiger partial charge in [-0.05, 0) is 103 Å². The van der Waals surface area contributed by atoms with Crippen LogP contribution in [0.1, 0.15) is 106 Å². The number of amides is 1.